The molecule has 0 bridgehead atoms. The Bertz CT molecular complexity index is 713. The molecule has 1 aromatic carbocycles. The van der Waals surface area contributed by atoms with E-state index in [0.29, 0.717) is 12.1 Å². The SMILES string of the molecule is Cl.O=S(=O)(NCCN1CCCCC1)c1cccc2nonc12. The van der Waals surface area contributed by atoms with Crippen molar-refractivity contribution in [2.75, 3.05) is 26.2 Å². The van der Waals surface area contributed by atoms with E-state index >= 15 is 0 Å². The summed E-state index contributed by atoms with van der Waals surface area (Å²) in [5.41, 5.74) is 0.705. The Kier molecular flexibility index (Phi) is 5.74. The molecule has 0 unspecified atom stereocenters. The first kappa shape index (κ1) is 17.1. The van der Waals surface area contributed by atoms with Gasteiger partial charge in [0.05, 0.1) is 0 Å². The molecule has 0 amide bonds. The maximum absolute atomic E-state index is 12.3. The monoisotopic (exact) mass is 346 g/mol. The van der Waals surface area contributed by atoms with Gasteiger partial charge in [-0.15, -0.1) is 12.4 Å². The number of likely N-dealkylation sites (tertiary alicyclic amines) is 1. The van der Waals surface area contributed by atoms with Crippen LogP contribution >= 0.6 is 12.4 Å². The van der Waals surface area contributed by atoms with E-state index in [0.717, 1.165) is 19.6 Å². The average Bonchev–Trinajstić information content (AvgIpc) is 2.96. The minimum absolute atomic E-state index is 0. The van der Waals surface area contributed by atoms with Crippen molar-refractivity contribution in [3.63, 3.8) is 0 Å². The van der Waals surface area contributed by atoms with Gasteiger partial charge in [0.15, 0.2) is 5.52 Å². The third kappa shape index (κ3) is 3.75. The Balaban J connectivity index is 0.00000176. The summed E-state index contributed by atoms with van der Waals surface area (Å²) in [6, 6.07) is 4.81. The summed E-state index contributed by atoms with van der Waals surface area (Å²) in [6.07, 6.45) is 3.65. The molecule has 1 saturated heterocycles. The van der Waals surface area contributed by atoms with Crippen LogP contribution in [0.1, 0.15) is 19.3 Å². The van der Waals surface area contributed by atoms with Crippen LogP contribution < -0.4 is 4.72 Å². The zero-order valence-corrected chi connectivity index (χ0v) is 13.7. The van der Waals surface area contributed by atoms with E-state index in [1.165, 1.54) is 25.3 Å². The summed E-state index contributed by atoms with van der Waals surface area (Å²) in [5.74, 6) is 0. The molecule has 1 N–H and O–H groups in total. The van der Waals surface area contributed by atoms with Crippen LogP contribution in [-0.4, -0.2) is 49.8 Å². The smallest absolute Gasteiger partial charge is 0.242 e. The Hall–Kier alpha value is -1.22. The van der Waals surface area contributed by atoms with Crippen molar-refractivity contribution in [3.8, 4) is 0 Å². The third-order valence-electron chi connectivity index (χ3n) is 3.71. The van der Waals surface area contributed by atoms with Crippen LogP contribution in [-0.2, 0) is 10.0 Å². The first-order valence-corrected chi connectivity index (χ1v) is 8.58. The molecular formula is C13H19ClN4O3S. The lowest BCUT2D eigenvalue weighted by Crippen LogP contribution is -2.37. The van der Waals surface area contributed by atoms with Crippen molar-refractivity contribution in [2.45, 2.75) is 24.2 Å². The predicted octanol–water partition coefficient (Wildman–Crippen LogP) is 1.41. The van der Waals surface area contributed by atoms with Crippen molar-refractivity contribution >= 4 is 33.5 Å². The molecule has 22 heavy (non-hydrogen) atoms. The predicted molar refractivity (Wildman–Crippen MR) is 84.5 cm³/mol. The lowest BCUT2D eigenvalue weighted by Gasteiger charge is -2.26. The number of halogens is 1. The molecule has 1 aliphatic heterocycles. The van der Waals surface area contributed by atoms with E-state index < -0.39 is 10.0 Å². The number of nitrogens with zero attached hydrogens (tertiary/aromatic N) is 3. The van der Waals surface area contributed by atoms with E-state index in [4.69, 9.17) is 0 Å². The fraction of sp³-hybridized carbons (Fsp3) is 0.538. The van der Waals surface area contributed by atoms with Crippen LogP contribution in [0.25, 0.3) is 11.0 Å². The molecule has 1 fully saturated rings. The van der Waals surface area contributed by atoms with Crippen molar-refractivity contribution in [1.29, 1.82) is 0 Å². The van der Waals surface area contributed by atoms with Gasteiger partial charge in [0.25, 0.3) is 0 Å². The van der Waals surface area contributed by atoms with Gasteiger partial charge in [-0.25, -0.2) is 17.8 Å². The molecule has 2 heterocycles. The maximum atomic E-state index is 12.3. The number of piperidine rings is 1. The highest BCUT2D eigenvalue weighted by atomic mass is 35.5. The Labute approximate surface area is 135 Å². The van der Waals surface area contributed by atoms with Gasteiger partial charge in [-0.3, -0.25) is 0 Å². The van der Waals surface area contributed by atoms with Crippen molar-refractivity contribution in [3.05, 3.63) is 18.2 Å². The maximum Gasteiger partial charge on any atom is 0.242 e. The quantitative estimate of drug-likeness (QED) is 0.880. The molecule has 2 aromatic rings. The van der Waals surface area contributed by atoms with Gasteiger partial charge >= 0.3 is 0 Å². The fourth-order valence-electron chi connectivity index (χ4n) is 2.60. The summed E-state index contributed by atoms with van der Waals surface area (Å²) in [5, 5.41) is 7.33. The minimum Gasteiger partial charge on any atom is -0.302 e. The number of rotatable bonds is 5. The summed E-state index contributed by atoms with van der Waals surface area (Å²) in [7, 11) is -3.60. The lowest BCUT2D eigenvalue weighted by molar-refractivity contribution is 0.233. The number of hydrogen-bond acceptors (Lipinski definition) is 6. The third-order valence-corrected chi connectivity index (χ3v) is 5.20. The Morgan fingerprint density at radius 1 is 1.18 bits per heavy atom. The van der Waals surface area contributed by atoms with Crippen LogP contribution in [0.2, 0.25) is 0 Å². The highest BCUT2D eigenvalue weighted by molar-refractivity contribution is 7.89. The molecule has 0 radical (unpaired) electrons. The van der Waals surface area contributed by atoms with Crippen LogP contribution in [0.3, 0.4) is 0 Å². The van der Waals surface area contributed by atoms with E-state index in [2.05, 4.69) is 24.6 Å². The second kappa shape index (κ2) is 7.36. The molecule has 122 valence electrons. The number of benzene rings is 1. The van der Waals surface area contributed by atoms with E-state index in [1.54, 1.807) is 12.1 Å². The molecule has 0 spiro atoms. The Morgan fingerprint density at radius 2 is 1.95 bits per heavy atom. The minimum atomic E-state index is -3.60. The number of fused-ring (bicyclic) bond motifs is 1. The second-order valence-electron chi connectivity index (χ2n) is 5.19. The largest absolute Gasteiger partial charge is 0.302 e. The number of aromatic nitrogens is 2. The van der Waals surface area contributed by atoms with Crippen LogP contribution in [0.15, 0.2) is 27.7 Å². The van der Waals surface area contributed by atoms with Gasteiger partial charge in [-0.05, 0) is 48.4 Å². The Morgan fingerprint density at radius 3 is 2.73 bits per heavy atom. The van der Waals surface area contributed by atoms with Gasteiger partial charge in [0.2, 0.25) is 10.0 Å². The van der Waals surface area contributed by atoms with E-state index in [1.807, 2.05) is 0 Å². The highest BCUT2D eigenvalue weighted by Gasteiger charge is 2.20. The normalized spacial score (nSPS) is 16.5. The molecule has 0 saturated carbocycles. The summed E-state index contributed by atoms with van der Waals surface area (Å²) in [4.78, 5) is 2.39. The standard InChI is InChI=1S/C13H18N4O3S.ClH/c18-21(19,14-7-10-17-8-2-1-3-9-17)12-6-4-5-11-13(12)16-20-15-11;/h4-6,14H,1-3,7-10H2;1H. The molecule has 7 nitrogen and oxygen atoms in total. The zero-order chi connectivity index (χ0) is 14.7. The second-order valence-corrected chi connectivity index (χ2v) is 6.92. The van der Waals surface area contributed by atoms with Gasteiger partial charge < -0.3 is 4.90 Å². The van der Waals surface area contributed by atoms with Crippen molar-refractivity contribution < 1.29 is 13.0 Å². The summed E-state index contributed by atoms with van der Waals surface area (Å²) < 4.78 is 31.9. The van der Waals surface area contributed by atoms with Gasteiger partial charge in [0.1, 0.15) is 10.4 Å². The van der Waals surface area contributed by atoms with E-state index in [-0.39, 0.29) is 22.8 Å². The molecule has 1 aliphatic rings. The van der Waals surface area contributed by atoms with Crippen molar-refractivity contribution in [1.82, 2.24) is 19.9 Å². The summed E-state index contributed by atoms with van der Waals surface area (Å²) in [6.45, 7) is 3.21. The highest BCUT2D eigenvalue weighted by Crippen LogP contribution is 2.19. The number of hydrogen-bond donors (Lipinski definition) is 1. The van der Waals surface area contributed by atoms with Gasteiger partial charge in [-0.1, -0.05) is 12.5 Å². The first-order chi connectivity index (χ1) is 10.2. The van der Waals surface area contributed by atoms with Crippen molar-refractivity contribution in [2.24, 2.45) is 0 Å². The number of sulfonamides is 1. The molecule has 3 rings (SSSR count). The first-order valence-electron chi connectivity index (χ1n) is 7.10. The van der Waals surface area contributed by atoms with E-state index in [9.17, 15) is 8.42 Å². The molecule has 1 aromatic heterocycles. The lowest BCUT2D eigenvalue weighted by atomic mass is 10.1. The topological polar surface area (TPSA) is 88.3 Å². The average molecular weight is 347 g/mol. The van der Waals surface area contributed by atoms with Crippen LogP contribution in [0.4, 0.5) is 0 Å². The molecular weight excluding hydrogens is 328 g/mol. The molecule has 0 aliphatic carbocycles. The van der Waals surface area contributed by atoms with Crippen LogP contribution in [0, 0.1) is 0 Å². The summed E-state index contributed by atoms with van der Waals surface area (Å²) >= 11 is 0. The molecule has 9 heteroatoms. The zero-order valence-electron chi connectivity index (χ0n) is 12.1. The van der Waals surface area contributed by atoms with Gasteiger partial charge in [0, 0.05) is 13.1 Å². The van der Waals surface area contributed by atoms with Gasteiger partial charge in [-0.2, -0.15) is 0 Å². The van der Waals surface area contributed by atoms with Crippen LogP contribution in [0.5, 0.6) is 0 Å². The fourth-order valence-corrected chi connectivity index (χ4v) is 3.77. The molecule has 0 atom stereocenters. The number of nitrogens with one attached hydrogen (secondary N) is 1.